The molecule has 0 heterocycles. The highest BCUT2D eigenvalue weighted by Gasteiger charge is 2.30. The third kappa shape index (κ3) is 4.77. The minimum atomic E-state index is -3.57. The Balaban J connectivity index is 2.05. The van der Waals surface area contributed by atoms with Gasteiger partial charge in [-0.25, -0.2) is 17.9 Å². The first kappa shape index (κ1) is 17.4. The molecule has 1 unspecified atom stereocenters. The zero-order valence-corrected chi connectivity index (χ0v) is 13.6. The summed E-state index contributed by atoms with van der Waals surface area (Å²) in [5, 5.41) is 11.6. The first-order valence-corrected chi connectivity index (χ1v) is 8.95. The van der Waals surface area contributed by atoms with Crippen LogP contribution in [0.2, 0.25) is 0 Å². The van der Waals surface area contributed by atoms with Gasteiger partial charge < -0.3 is 10.4 Å². The normalized spacial score (nSPS) is 15.9. The Labute approximate surface area is 135 Å². The zero-order valence-electron chi connectivity index (χ0n) is 12.8. The number of hydrogen-bond donors (Lipinski definition) is 3. The molecule has 23 heavy (non-hydrogen) atoms. The zero-order chi connectivity index (χ0) is 17.0. The van der Waals surface area contributed by atoms with Gasteiger partial charge in [0.2, 0.25) is 10.0 Å². The van der Waals surface area contributed by atoms with Gasteiger partial charge >= 0.3 is 5.97 Å². The molecule has 1 atom stereocenters. The molecule has 0 bridgehead atoms. The Kier molecular flexibility index (Phi) is 5.38. The molecule has 1 aliphatic carbocycles. The summed E-state index contributed by atoms with van der Waals surface area (Å²) in [5.74, 6) is -1.22. The monoisotopic (exact) mass is 340 g/mol. The average Bonchev–Trinajstić information content (AvgIpc) is 3.30. The maximum absolute atomic E-state index is 12.1. The van der Waals surface area contributed by atoms with Crippen LogP contribution in [0.25, 0.3) is 0 Å². The predicted octanol–water partition coefficient (Wildman–Crippen LogP) is 0.968. The summed E-state index contributed by atoms with van der Waals surface area (Å²) in [7, 11) is -3.57. The number of amides is 1. The quantitative estimate of drug-likeness (QED) is 0.653. The van der Waals surface area contributed by atoms with Gasteiger partial charge in [0, 0.05) is 12.1 Å². The predicted molar refractivity (Wildman–Crippen MR) is 83.5 cm³/mol. The summed E-state index contributed by atoms with van der Waals surface area (Å²) in [6.45, 7) is 1.94. The lowest BCUT2D eigenvalue weighted by molar-refractivity contribution is -0.139. The molecule has 7 nitrogen and oxygen atoms in total. The smallest absolute Gasteiger partial charge is 0.326 e. The SMILES string of the molecule is CCNS(=O)(=O)c1ccc(C(=O)NC(CC2CC2)C(=O)O)cc1. The number of hydrogen-bond acceptors (Lipinski definition) is 4. The number of carboxylic acids is 1. The van der Waals surface area contributed by atoms with E-state index in [2.05, 4.69) is 10.0 Å². The van der Waals surface area contributed by atoms with Crippen molar-refractivity contribution < 1.29 is 23.1 Å². The van der Waals surface area contributed by atoms with E-state index in [0.717, 1.165) is 12.8 Å². The van der Waals surface area contributed by atoms with Gasteiger partial charge in [-0.15, -0.1) is 0 Å². The van der Waals surface area contributed by atoms with Gasteiger partial charge in [0.25, 0.3) is 5.91 Å². The fourth-order valence-electron chi connectivity index (χ4n) is 2.21. The molecule has 1 aliphatic rings. The summed E-state index contributed by atoms with van der Waals surface area (Å²) >= 11 is 0. The Morgan fingerprint density at radius 2 is 1.87 bits per heavy atom. The maximum atomic E-state index is 12.1. The molecule has 0 aromatic heterocycles. The number of rotatable bonds is 8. The molecule has 0 spiro atoms. The number of sulfonamides is 1. The number of carbonyl (C=O) groups excluding carboxylic acids is 1. The van der Waals surface area contributed by atoms with Crippen LogP contribution in [0.4, 0.5) is 0 Å². The first-order valence-electron chi connectivity index (χ1n) is 7.47. The highest BCUT2D eigenvalue weighted by Crippen LogP contribution is 2.33. The Morgan fingerprint density at radius 3 is 2.35 bits per heavy atom. The third-order valence-corrected chi connectivity index (χ3v) is 5.19. The van der Waals surface area contributed by atoms with Crippen LogP contribution >= 0.6 is 0 Å². The Bertz CT molecular complexity index is 680. The topological polar surface area (TPSA) is 113 Å². The molecule has 0 saturated heterocycles. The lowest BCUT2D eigenvalue weighted by Crippen LogP contribution is -2.41. The molecule has 1 fully saturated rings. The standard InChI is InChI=1S/C15H20N2O5S/c1-2-16-23(21,22)12-7-5-11(6-8-12)14(18)17-13(15(19)20)9-10-3-4-10/h5-8,10,13,16H,2-4,9H2,1H3,(H,17,18)(H,19,20). The lowest BCUT2D eigenvalue weighted by Gasteiger charge is -2.14. The second kappa shape index (κ2) is 7.10. The number of aliphatic carboxylic acids is 1. The van der Waals surface area contributed by atoms with E-state index in [1.54, 1.807) is 6.92 Å². The van der Waals surface area contributed by atoms with Gasteiger partial charge in [-0.1, -0.05) is 19.8 Å². The molecule has 2 rings (SSSR count). The molecular formula is C15H20N2O5S. The molecule has 126 valence electrons. The van der Waals surface area contributed by atoms with Crippen molar-refractivity contribution in [2.24, 2.45) is 5.92 Å². The van der Waals surface area contributed by atoms with Gasteiger partial charge in [0.1, 0.15) is 6.04 Å². The van der Waals surface area contributed by atoms with E-state index in [9.17, 15) is 18.0 Å². The van der Waals surface area contributed by atoms with Gasteiger partial charge in [0.15, 0.2) is 0 Å². The van der Waals surface area contributed by atoms with Crippen LogP contribution in [-0.4, -0.2) is 38.0 Å². The van der Waals surface area contributed by atoms with E-state index in [-0.39, 0.29) is 17.0 Å². The van der Waals surface area contributed by atoms with Crippen LogP contribution in [0, 0.1) is 5.92 Å². The van der Waals surface area contributed by atoms with Crippen LogP contribution in [0.15, 0.2) is 29.2 Å². The number of carbonyl (C=O) groups is 2. The molecule has 1 saturated carbocycles. The summed E-state index contributed by atoms with van der Waals surface area (Å²) in [4.78, 5) is 23.4. The van der Waals surface area contributed by atoms with Gasteiger partial charge in [0.05, 0.1) is 4.90 Å². The van der Waals surface area contributed by atoms with Crippen LogP contribution in [0.5, 0.6) is 0 Å². The van der Waals surface area contributed by atoms with E-state index < -0.39 is 27.9 Å². The summed E-state index contributed by atoms with van der Waals surface area (Å²) in [6.07, 6.45) is 2.42. The Morgan fingerprint density at radius 1 is 1.26 bits per heavy atom. The number of nitrogens with one attached hydrogen (secondary N) is 2. The van der Waals surface area contributed by atoms with Crippen molar-refractivity contribution in [2.45, 2.75) is 37.1 Å². The van der Waals surface area contributed by atoms with Gasteiger partial charge in [-0.3, -0.25) is 4.79 Å². The van der Waals surface area contributed by atoms with Crippen molar-refractivity contribution >= 4 is 21.9 Å². The van der Waals surface area contributed by atoms with Crippen LogP contribution in [-0.2, 0) is 14.8 Å². The van der Waals surface area contributed by atoms with E-state index in [0.29, 0.717) is 12.3 Å². The van der Waals surface area contributed by atoms with E-state index in [1.165, 1.54) is 24.3 Å². The molecular weight excluding hydrogens is 320 g/mol. The van der Waals surface area contributed by atoms with E-state index >= 15 is 0 Å². The summed E-state index contributed by atoms with van der Waals surface area (Å²) in [5.41, 5.74) is 0.225. The van der Waals surface area contributed by atoms with Gasteiger partial charge in [-0.05, 0) is 36.6 Å². The molecule has 0 aliphatic heterocycles. The molecule has 1 aromatic carbocycles. The van der Waals surface area contributed by atoms with E-state index in [4.69, 9.17) is 5.11 Å². The van der Waals surface area contributed by atoms with Crippen molar-refractivity contribution in [3.63, 3.8) is 0 Å². The summed E-state index contributed by atoms with van der Waals surface area (Å²) in [6, 6.07) is 4.47. The maximum Gasteiger partial charge on any atom is 0.326 e. The van der Waals surface area contributed by atoms with Gasteiger partial charge in [-0.2, -0.15) is 0 Å². The lowest BCUT2D eigenvalue weighted by atomic mass is 10.1. The number of carboxylic acid groups (broad SMARTS) is 1. The molecule has 1 aromatic rings. The fourth-order valence-corrected chi connectivity index (χ4v) is 3.25. The second-order valence-corrected chi connectivity index (χ2v) is 7.34. The molecule has 1 amide bonds. The first-order chi connectivity index (χ1) is 10.8. The molecule has 0 radical (unpaired) electrons. The minimum Gasteiger partial charge on any atom is -0.480 e. The molecule has 8 heteroatoms. The largest absolute Gasteiger partial charge is 0.480 e. The third-order valence-electron chi connectivity index (χ3n) is 3.63. The van der Waals surface area contributed by atoms with Crippen molar-refractivity contribution in [3.8, 4) is 0 Å². The fraction of sp³-hybridized carbons (Fsp3) is 0.467. The van der Waals surface area contributed by atoms with E-state index in [1.807, 2.05) is 0 Å². The molecule has 3 N–H and O–H groups in total. The highest BCUT2D eigenvalue weighted by molar-refractivity contribution is 7.89. The number of benzene rings is 1. The van der Waals surface area contributed by atoms with Crippen molar-refractivity contribution in [1.29, 1.82) is 0 Å². The average molecular weight is 340 g/mol. The highest BCUT2D eigenvalue weighted by atomic mass is 32.2. The van der Waals surface area contributed by atoms with Crippen molar-refractivity contribution in [3.05, 3.63) is 29.8 Å². The van der Waals surface area contributed by atoms with Crippen LogP contribution < -0.4 is 10.0 Å². The Hall–Kier alpha value is -1.93. The van der Waals surface area contributed by atoms with Crippen LogP contribution in [0.3, 0.4) is 0 Å². The minimum absolute atomic E-state index is 0.0589. The summed E-state index contributed by atoms with van der Waals surface area (Å²) < 4.78 is 26.0. The van der Waals surface area contributed by atoms with Crippen molar-refractivity contribution in [1.82, 2.24) is 10.0 Å². The van der Waals surface area contributed by atoms with Crippen LogP contribution in [0.1, 0.15) is 36.5 Å². The van der Waals surface area contributed by atoms with Crippen molar-refractivity contribution in [2.75, 3.05) is 6.54 Å². The second-order valence-electron chi connectivity index (χ2n) is 5.57.